The molecule has 29 heavy (non-hydrogen) atoms. The predicted molar refractivity (Wildman–Crippen MR) is 113 cm³/mol. The number of carbonyl (C=O) groups excluding carboxylic acids is 1. The lowest BCUT2D eigenvalue weighted by atomic mass is 10.1. The summed E-state index contributed by atoms with van der Waals surface area (Å²) in [7, 11) is -3.73. The SMILES string of the molecule is Cc1ccc(NS(=O)(=O)c2ccc(NC(=O)OCc3ccccc3)cc2)c(C)c1. The monoisotopic (exact) mass is 410 g/mol. The zero-order chi connectivity index (χ0) is 20.9. The van der Waals surface area contributed by atoms with Crippen molar-refractivity contribution < 1.29 is 17.9 Å². The zero-order valence-electron chi connectivity index (χ0n) is 16.2. The number of ether oxygens (including phenoxy) is 1. The molecule has 0 bridgehead atoms. The van der Waals surface area contributed by atoms with Crippen molar-refractivity contribution in [2.45, 2.75) is 25.3 Å². The number of nitrogens with one attached hydrogen (secondary N) is 2. The van der Waals surface area contributed by atoms with E-state index in [2.05, 4.69) is 10.0 Å². The highest BCUT2D eigenvalue weighted by molar-refractivity contribution is 7.92. The molecule has 6 nitrogen and oxygen atoms in total. The van der Waals surface area contributed by atoms with Gasteiger partial charge in [0.15, 0.2) is 0 Å². The molecule has 0 saturated heterocycles. The molecule has 0 spiro atoms. The normalized spacial score (nSPS) is 11.0. The number of sulfonamides is 1. The summed E-state index contributed by atoms with van der Waals surface area (Å²) in [6, 6.07) is 20.7. The van der Waals surface area contributed by atoms with Crippen molar-refractivity contribution in [1.82, 2.24) is 0 Å². The van der Waals surface area contributed by atoms with Crippen LogP contribution in [0.5, 0.6) is 0 Å². The van der Waals surface area contributed by atoms with E-state index in [1.165, 1.54) is 24.3 Å². The number of hydrogen-bond donors (Lipinski definition) is 2. The fraction of sp³-hybridized carbons (Fsp3) is 0.136. The van der Waals surface area contributed by atoms with Gasteiger partial charge in [-0.3, -0.25) is 10.0 Å². The van der Waals surface area contributed by atoms with Crippen molar-refractivity contribution in [3.63, 3.8) is 0 Å². The third-order valence-electron chi connectivity index (χ3n) is 4.25. The number of benzene rings is 3. The van der Waals surface area contributed by atoms with Gasteiger partial charge in [0.25, 0.3) is 10.0 Å². The van der Waals surface area contributed by atoms with E-state index < -0.39 is 16.1 Å². The molecule has 3 aromatic carbocycles. The van der Waals surface area contributed by atoms with Gasteiger partial charge in [-0.05, 0) is 55.3 Å². The minimum atomic E-state index is -3.73. The predicted octanol–water partition coefficient (Wildman–Crippen LogP) is 4.85. The topological polar surface area (TPSA) is 84.5 Å². The largest absolute Gasteiger partial charge is 0.444 e. The third kappa shape index (κ3) is 5.58. The Morgan fingerprint density at radius 2 is 1.62 bits per heavy atom. The molecule has 3 rings (SSSR count). The van der Waals surface area contributed by atoms with E-state index in [1.807, 2.05) is 56.3 Å². The first-order valence-electron chi connectivity index (χ1n) is 9.01. The summed E-state index contributed by atoms with van der Waals surface area (Å²) in [6.45, 7) is 3.94. The molecule has 3 aromatic rings. The summed E-state index contributed by atoms with van der Waals surface area (Å²) < 4.78 is 33.0. The molecule has 0 unspecified atom stereocenters. The van der Waals surface area contributed by atoms with E-state index in [0.717, 1.165) is 16.7 Å². The summed E-state index contributed by atoms with van der Waals surface area (Å²) in [5.74, 6) is 0. The van der Waals surface area contributed by atoms with Crippen molar-refractivity contribution >= 4 is 27.5 Å². The van der Waals surface area contributed by atoms with Gasteiger partial charge < -0.3 is 4.74 Å². The van der Waals surface area contributed by atoms with Crippen LogP contribution in [-0.4, -0.2) is 14.5 Å². The van der Waals surface area contributed by atoms with Crippen molar-refractivity contribution in [2.75, 3.05) is 10.0 Å². The summed E-state index contributed by atoms with van der Waals surface area (Å²) in [5.41, 5.74) is 3.74. The van der Waals surface area contributed by atoms with Crippen LogP contribution in [0.15, 0.2) is 77.7 Å². The number of amides is 1. The molecule has 1 amide bonds. The van der Waals surface area contributed by atoms with Crippen LogP contribution in [0.2, 0.25) is 0 Å². The molecule has 0 heterocycles. The molecule has 0 aromatic heterocycles. The Labute approximate surface area is 170 Å². The van der Waals surface area contributed by atoms with E-state index in [1.54, 1.807) is 6.07 Å². The van der Waals surface area contributed by atoms with Crippen LogP contribution in [0.1, 0.15) is 16.7 Å². The molecule has 0 aliphatic heterocycles. The average molecular weight is 410 g/mol. The molecule has 150 valence electrons. The highest BCUT2D eigenvalue weighted by Crippen LogP contribution is 2.22. The molecule has 7 heteroatoms. The lowest BCUT2D eigenvalue weighted by Crippen LogP contribution is -2.15. The highest BCUT2D eigenvalue weighted by Gasteiger charge is 2.15. The smallest absolute Gasteiger partial charge is 0.411 e. The minimum Gasteiger partial charge on any atom is -0.444 e. The van der Waals surface area contributed by atoms with E-state index >= 15 is 0 Å². The molecule has 0 radical (unpaired) electrons. The molecule has 0 fully saturated rings. The molecular formula is C22H22N2O4S. The summed E-state index contributed by atoms with van der Waals surface area (Å²) in [5, 5.41) is 2.58. The van der Waals surface area contributed by atoms with Crippen LogP contribution in [-0.2, 0) is 21.4 Å². The van der Waals surface area contributed by atoms with Crippen LogP contribution < -0.4 is 10.0 Å². The van der Waals surface area contributed by atoms with Gasteiger partial charge >= 0.3 is 6.09 Å². The van der Waals surface area contributed by atoms with Crippen LogP contribution in [0.4, 0.5) is 16.2 Å². The van der Waals surface area contributed by atoms with Crippen LogP contribution in [0, 0.1) is 13.8 Å². The Hall–Kier alpha value is -3.32. The maximum Gasteiger partial charge on any atom is 0.411 e. The Balaban J connectivity index is 1.62. The van der Waals surface area contributed by atoms with Crippen molar-refractivity contribution in [1.29, 1.82) is 0 Å². The maximum absolute atomic E-state index is 12.6. The number of anilines is 2. The van der Waals surface area contributed by atoms with E-state index in [4.69, 9.17) is 4.74 Å². The first-order chi connectivity index (χ1) is 13.8. The zero-order valence-corrected chi connectivity index (χ0v) is 17.0. The Kier molecular flexibility index (Phi) is 6.19. The maximum atomic E-state index is 12.6. The molecule has 0 atom stereocenters. The van der Waals surface area contributed by atoms with Crippen LogP contribution in [0.25, 0.3) is 0 Å². The number of carbonyl (C=O) groups is 1. The van der Waals surface area contributed by atoms with Gasteiger partial charge in [-0.15, -0.1) is 0 Å². The second-order valence-electron chi connectivity index (χ2n) is 6.63. The summed E-state index contributed by atoms with van der Waals surface area (Å²) in [6.07, 6.45) is -0.613. The number of hydrogen-bond acceptors (Lipinski definition) is 4. The van der Waals surface area contributed by atoms with Gasteiger partial charge in [-0.1, -0.05) is 48.0 Å². The summed E-state index contributed by atoms with van der Waals surface area (Å²) in [4.78, 5) is 12.0. The van der Waals surface area contributed by atoms with E-state index in [-0.39, 0.29) is 11.5 Å². The second kappa shape index (κ2) is 8.79. The van der Waals surface area contributed by atoms with Gasteiger partial charge in [-0.2, -0.15) is 0 Å². The lowest BCUT2D eigenvalue weighted by molar-refractivity contribution is 0.155. The van der Waals surface area contributed by atoms with Gasteiger partial charge in [-0.25, -0.2) is 13.2 Å². The molecule has 0 saturated carbocycles. The number of rotatable bonds is 6. The van der Waals surface area contributed by atoms with Crippen molar-refractivity contribution in [3.05, 3.63) is 89.5 Å². The Morgan fingerprint density at radius 1 is 0.931 bits per heavy atom. The van der Waals surface area contributed by atoms with Crippen LogP contribution in [0.3, 0.4) is 0 Å². The van der Waals surface area contributed by atoms with Gasteiger partial charge in [0.1, 0.15) is 6.61 Å². The fourth-order valence-corrected chi connectivity index (χ4v) is 3.86. The highest BCUT2D eigenvalue weighted by atomic mass is 32.2. The van der Waals surface area contributed by atoms with Crippen molar-refractivity contribution in [2.24, 2.45) is 0 Å². The van der Waals surface area contributed by atoms with E-state index in [9.17, 15) is 13.2 Å². The molecular weight excluding hydrogens is 388 g/mol. The fourth-order valence-electron chi connectivity index (χ4n) is 2.73. The molecule has 0 aliphatic carbocycles. The van der Waals surface area contributed by atoms with Gasteiger partial charge in [0.2, 0.25) is 0 Å². The quantitative estimate of drug-likeness (QED) is 0.608. The van der Waals surface area contributed by atoms with Gasteiger partial charge in [0, 0.05) is 5.69 Å². The first kappa shape index (κ1) is 20.4. The second-order valence-corrected chi connectivity index (χ2v) is 8.32. The third-order valence-corrected chi connectivity index (χ3v) is 5.63. The number of aryl methyl sites for hydroxylation is 2. The Morgan fingerprint density at radius 3 is 2.28 bits per heavy atom. The van der Waals surface area contributed by atoms with Gasteiger partial charge in [0.05, 0.1) is 10.6 Å². The summed E-state index contributed by atoms with van der Waals surface area (Å²) >= 11 is 0. The lowest BCUT2D eigenvalue weighted by Gasteiger charge is -2.12. The van der Waals surface area contributed by atoms with Crippen molar-refractivity contribution in [3.8, 4) is 0 Å². The average Bonchev–Trinajstić information content (AvgIpc) is 2.70. The van der Waals surface area contributed by atoms with Crippen LogP contribution >= 0.6 is 0 Å². The minimum absolute atomic E-state index is 0.0978. The van der Waals surface area contributed by atoms with E-state index in [0.29, 0.717) is 11.4 Å². The first-order valence-corrected chi connectivity index (χ1v) is 10.5. The Bertz CT molecular complexity index is 1100. The molecule has 0 aliphatic rings. The molecule has 2 N–H and O–H groups in total. The standard InChI is InChI=1S/C22H22N2O4S/c1-16-8-13-21(17(2)14-16)24-29(26,27)20-11-9-19(10-12-20)23-22(25)28-15-18-6-4-3-5-7-18/h3-14,24H,15H2,1-2H3,(H,23,25).